The Hall–Kier alpha value is -2.41. The van der Waals surface area contributed by atoms with Gasteiger partial charge in [-0.05, 0) is 43.5 Å². The summed E-state index contributed by atoms with van der Waals surface area (Å²) in [5.74, 6) is 0.822. The van der Waals surface area contributed by atoms with Gasteiger partial charge in [-0.25, -0.2) is 13.4 Å². The molecule has 4 rings (SSSR count). The second-order valence-corrected chi connectivity index (χ2v) is 9.66. The molecule has 0 saturated carbocycles. The Morgan fingerprint density at radius 1 is 1.22 bits per heavy atom. The Bertz CT molecular complexity index is 972. The first kappa shape index (κ1) is 18.0. The van der Waals surface area contributed by atoms with Crippen molar-refractivity contribution >= 4 is 27.2 Å². The van der Waals surface area contributed by atoms with E-state index in [1.165, 1.54) is 10.5 Å². The van der Waals surface area contributed by atoms with Gasteiger partial charge in [0.05, 0.1) is 17.1 Å². The summed E-state index contributed by atoms with van der Waals surface area (Å²) < 4.78 is 23.3. The van der Waals surface area contributed by atoms with E-state index in [0.29, 0.717) is 18.0 Å². The van der Waals surface area contributed by atoms with E-state index in [1.807, 2.05) is 18.2 Å². The van der Waals surface area contributed by atoms with E-state index in [-0.39, 0.29) is 23.5 Å². The molecule has 0 spiro atoms. The molecular weight excluding hydrogens is 362 g/mol. The largest absolute Gasteiger partial charge is 0.338 e. The number of para-hydroxylation sites is 1. The van der Waals surface area contributed by atoms with Crippen LogP contribution in [0.2, 0.25) is 0 Å². The predicted molar refractivity (Wildman–Crippen MR) is 105 cm³/mol. The fraction of sp³-hybridized carbons (Fsp3) is 0.400. The molecular formula is C20H23N3O3S. The molecule has 2 aromatic rings. The number of carbonyl (C=O) groups is 1. The Morgan fingerprint density at radius 2 is 2.00 bits per heavy atom. The van der Waals surface area contributed by atoms with Crippen molar-refractivity contribution in [1.29, 1.82) is 0 Å². The third kappa shape index (κ3) is 3.32. The van der Waals surface area contributed by atoms with Crippen LogP contribution in [0.3, 0.4) is 0 Å². The van der Waals surface area contributed by atoms with Crippen LogP contribution in [0.25, 0.3) is 0 Å². The molecule has 0 bridgehead atoms. The molecule has 2 aliphatic rings. The first-order valence-corrected chi connectivity index (χ1v) is 11.0. The van der Waals surface area contributed by atoms with Crippen LogP contribution < -0.4 is 4.90 Å². The topological polar surface area (TPSA) is 70.6 Å². The highest BCUT2D eigenvalue weighted by Gasteiger charge is 2.33. The van der Waals surface area contributed by atoms with E-state index in [2.05, 4.69) is 28.9 Å². The first-order chi connectivity index (χ1) is 12.9. The second-order valence-electron chi connectivity index (χ2n) is 7.43. The Balaban J connectivity index is 1.53. The molecule has 142 valence electrons. The number of hydrogen-bond donors (Lipinski definition) is 0. The lowest BCUT2D eigenvalue weighted by Crippen LogP contribution is -2.37. The van der Waals surface area contributed by atoms with Crippen molar-refractivity contribution in [2.45, 2.75) is 31.8 Å². The summed E-state index contributed by atoms with van der Waals surface area (Å²) in [7, 11) is -1.36. The van der Waals surface area contributed by atoms with Gasteiger partial charge in [0.15, 0.2) is 9.84 Å². The molecule has 1 aromatic heterocycles. The van der Waals surface area contributed by atoms with Gasteiger partial charge in [-0.2, -0.15) is 0 Å². The van der Waals surface area contributed by atoms with Crippen LogP contribution in [0, 0.1) is 0 Å². The van der Waals surface area contributed by atoms with E-state index < -0.39 is 9.84 Å². The number of benzene rings is 1. The zero-order valence-electron chi connectivity index (χ0n) is 15.5. The molecule has 2 unspecified atom stereocenters. The van der Waals surface area contributed by atoms with Gasteiger partial charge >= 0.3 is 0 Å². The SMILES string of the molecule is CC1Cc2ccccc2N1c1ccc(C(=O)N(C)C2CCS(=O)(=O)C2)cn1. The molecule has 3 heterocycles. The van der Waals surface area contributed by atoms with Gasteiger partial charge in [-0.15, -0.1) is 0 Å². The molecule has 2 aliphatic heterocycles. The van der Waals surface area contributed by atoms with E-state index in [1.54, 1.807) is 19.3 Å². The normalized spacial score (nSPS) is 23.3. The Kier molecular flexibility index (Phi) is 4.42. The van der Waals surface area contributed by atoms with Crippen molar-refractivity contribution in [1.82, 2.24) is 9.88 Å². The summed E-state index contributed by atoms with van der Waals surface area (Å²) in [6, 6.07) is 12.0. The maximum Gasteiger partial charge on any atom is 0.255 e. The zero-order chi connectivity index (χ0) is 19.2. The lowest BCUT2D eigenvalue weighted by atomic mass is 10.1. The minimum absolute atomic E-state index is 0.0445. The number of fused-ring (bicyclic) bond motifs is 1. The van der Waals surface area contributed by atoms with Crippen molar-refractivity contribution in [2.24, 2.45) is 0 Å². The summed E-state index contributed by atoms with van der Waals surface area (Å²) in [6.07, 6.45) is 3.06. The molecule has 27 heavy (non-hydrogen) atoms. The Labute approximate surface area is 159 Å². The predicted octanol–water partition coefficient (Wildman–Crippen LogP) is 2.42. The lowest BCUT2D eigenvalue weighted by Gasteiger charge is -2.25. The van der Waals surface area contributed by atoms with E-state index in [0.717, 1.165) is 17.9 Å². The van der Waals surface area contributed by atoms with Crippen LogP contribution in [0.4, 0.5) is 11.5 Å². The quantitative estimate of drug-likeness (QED) is 0.812. The number of aromatic nitrogens is 1. The second kappa shape index (κ2) is 6.64. The van der Waals surface area contributed by atoms with E-state index in [9.17, 15) is 13.2 Å². The highest BCUT2D eigenvalue weighted by atomic mass is 32.2. The van der Waals surface area contributed by atoms with Crippen LogP contribution in [0.1, 0.15) is 29.3 Å². The third-order valence-corrected chi connectivity index (χ3v) is 7.28. The molecule has 0 N–H and O–H groups in total. The molecule has 0 radical (unpaired) electrons. The number of carbonyl (C=O) groups excluding carboxylic acids is 1. The smallest absolute Gasteiger partial charge is 0.255 e. The minimum atomic E-state index is -3.02. The summed E-state index contributed by atoms with van der Waals surface area (Å²) in [5, 5.41) is 0. The number of anilines is 2. The van der Waals surface area contributed by atoms with Crippen LogP contribution >= 0.6 is 0 Å². The molecule has 1 fully saturated rings. The zero-order valence-corrected chi connectivity index (χ0v) is 16.3. The number of amides is 1. The maximum atomic E-state index is 12.7. The fourth-order valence-electron chi connectivity index (χ4n) is 4.02. The van der Waals surface area contributed by atoms with Gasteiger partial charge in [0.1, 0.15) is 5.82 Å². The van der Waals surface area contributed by atoms with Crippen LogP contribution in [0.15, 0.2) is 42.6 Å². The molecule has 6 nitrogen and oxygen atoms in total. The minimum Gasteiger partial charge on any atom is -0.338 e. The molecule has 0 aliphatic carbocycles. The summed E-state index contributed by atoms with van der Waals surface area (Å²) in [6.45, 7) is 2.16. The summed E-state index contributed by atoms with van der Waals surface area (Å²) >= 11 is 0. The highest BCUT2D eigenvalue weighted by Crippen LogP contribution is 2.37. The summed E-state index contributed by atoms with van der Waals surface area (Å²) in [5.41, 5.74) is 2.93. The van der Waals surface area contributed by atoms with E-state index >= 15 is 0 Å². The number of nitrogens with zero attached hydrogens (tertiary/aromatic N) is 3. The van der Waals surface area contributed by atoms with Crippen LogP contribution in [0.5, 0.6) is 0 Å². The number of sulfone groups is 1. The van der Waals surface area contributed by atoms with Crippen molar-refractivity contribution in [3.63, 3.8) is 0 Å². The van der Waals surface area contributed by atoms with Crippen molar-refractivity contribution in [2.75, 3.05) is 23.5 Å². The number of hydrogen-bond acceptors (Lipinski definition) is 5. The van der Waals surface area contributed by atoms with Crippen molar-refractivity contribution in [3.8, 4) is 0 Å². The number of rotatable bonds is 3. The molecule has 2 atom stereocenters. The fourth-order valence-corrected chi connectivity index (χ4v) is 5.79. The lowest BCUT2D eigenvalue weighted by molar-refractivity contribution is 0.0747. The highest BCUT2D eigenvalue weighted by molar-refractivity contribution is 7.91. The van der Waals surface area contributed by atoms with Gasteiger partial charge < -0.3 is 9.80 Å². The van der Waals surface area contributed by atoms with Crippen molar-refractivity contribution in [3.05, 3.63) is 53.7 Å². The standard InChI is InChI=1S/C20H23N3O3S/c1-14-11-15-5-3-4-6-18(15)23(14)19-8-7-16(12-21-19)20(24)22(2)17-9-10-27(25,26)13-17/h3-8,12,14,17H,9-11,13H2,1-2H3. The summed E-state index contributed by atoms with van der Waals surface area (Å²) in [4.78, 5) is 21.0. The monoisotopic (exact) mass is 385 g/mol. The van der Waals surface area contributed by atoms with Crippen LogP contribution in [-0.2, 0) is 16.3 Å². The van der Waals surface area contributed by atoms with Gasteiger partial charge in [0, 0.05) is 31.0 Å². The Morgan fingerprint density at radius 3 is 2.67 bits per heavy atom. The van der Waals surface area contributed by atoms with Gasteiger partial charge in [-0.1, -0.05) is 18.2 Å². The molecule has 1 saturated heterocycles. The van der Waals surface area contributed by atoms with Gasteiger partial charge in [0.25, 0.3) is 5.91 Å². The first-order valence-electron chi connectivity index (χ1n) is 9.16. The average molecular weight is 385 g/mol. The third-order valence-electron chi connectivity index (χ3n) is 5.53. The van der Waals surface area contributed by atoms with E-state index in [4.69, 9.17) is 0 Å². The van der Waals surface area contributed by atoms with Gasteiger partial charge in [0.2, 0.25) is 0 Å². The maximum absolute atomic E-state index is 12.7. The van der Waals surface area contributed by atoms with Gasteiger partial charge in [-0.3, -0.25) is 4.79 Å². The molecule has 7 heteroatoms. The molecule has 1 amide bonds. The molecule has 1 aromatic carbocycles. The van der Waals surface area contributed by atoms with Crippen LogP contribution in [-0.4, -0.2) is 54.8 Å². The van der Waals surface area contributed by atoms with Crippen molar-refractivity contribution < 1.29 is 13.2 Å². The average Bonchev–Trinajstić information content (AvgIpc) is 3.19. The number of pyridine rings is 1.